The minimum Gasteiger partial charge on any atom is -0.313 e. The average Bonchev–Trinajstić information content (AvgIpc) is 3.55. The third kappa shape index (κ3) is 3.51. The number of hydrogen-bond donors (Lipinski definition) is 0. The van der Waals surface area contributed by atoms with Crippen LogP contribution in [-0.4, -0.2) is 24.3 Å². The largest absolute Gasteiger partial charge is 0.313 e. The third-order valence-corrected chi connectivity index (χ3v) is 7.18. The molecule has 6 aromatic rings. The number of nitrogens with zero attached hydrogens (tertiary/aromatic N) is 5. The summed E-state index contributed by atoms with van der Waals surface area (Å²) < 4.78 is 4.50. The molecular formula is C32H25N5. The van der Waals surface area contributed by atoms with E-state index in [0.29, 0.717) is 5.92 Å². The first-order valence-electron chi connectivity index (χ1n) is 12.6. The molecule has 0 spiro atoms. The van der Waals surface area contributed by atoms with E-state index in [1.54, 1.807) is 6.20 Å². The summed E-state index contributed by atoms with van der Waals surface area (Å²) in [4.78, 5) is 4.35. The van der Waals surface area contributed by atoms with Crippen molar-refractivity contribution in [3.05, 3.63) is 121 Å². The molecule has 1 unspecified atom stereocenters. The Kier molecular flexibility index (Phi) is 5.07. The zero-order valence-corrected chi connectivity index (χ0v) is 20.5. The minimum absolute atomic E-state index is 0.453. The van der Waals surface area contributed by atoms with E-state index in [1.807, 2.05) is 36.5 Å². The van der Waals surface area contributed by atoms with E-state index in [-0.39, 0.29) is 0 Å². The summed E-state index contributed by atoms with van der Waals surface area (Å²) in [5.74, 6) is 2.03. The second kappa shape index (κ2) is 8.71. The molecule has 1 aliphatic carbocycles. The summed E-state index contributed by atoms with van der Waals surface area (Å²) in [5, 5.41) is 10.5. The van der Waals surface area contributed by atoms with E-state index in [9.17, 15) is 0 Å². The Bertz CT molecular complexity index is 1740. The highest BCUT2D eigenvalue weighted by Crippen LogP contribution is 2.39. The van der Waals surface area contributed by atoms with Crippen molar-refractivity contribution in [3.8, 4) is 34.2 Å². The highest BCUT2D eigenvalue weighted by molar-refractivity contribution is 5.93. The highest BCUT2D eigenvalue weighted by Gasteiger charge is 2.23. The van der Waals surface area contributed by atoms with Crippen molar-refractivity contribution < 1.29 is 0 Å². The van der Waals surface area contributed by atoms with Gasteiger partial charge in [0.1, 0.15) is 0 Å². The van der Waals surface area contributed by atoms with Crippen molar-refractivity contribution in [2.24, 2.45) is 0 Å². The van der Waals surface area contributed by atoms with Crippen LogP contribution < -0.4 is 0 Å². The van der Waals surface area contributed by atoms with Crippen LogP contribution in [0.25, 0.3) is 51.1 Å². The van der Waals surface area contributed by atoms with E-state index in [1.165, 1.54) is 22.2 Å². The van der Waals surface area contributed by atoms with Gasteiger partial charge in [0.2, 0.25) is 0 Å². The average molecular weight is 480 g/mol. The molecule has 0 N–H and O–H groups in total. The van der Waals surface area contributed by atoms with E-state index >= 15 is 0 Å². The van der Waals surface area contributed by atoms with Gasteiger partial charge in [-0.3, -0.25) is 9.55 Å². The molecule has 3 aromatic heterocycles. The maximum atomic E-state index is 4.63. The van der Waals surface area contributed by atoms with Gasteiger partial charge in [0.25, 0.3) is 0 Å². The summed E-state index contributed by atoms with van der Waals surface area (Å²) in [6, 6.07) is 31.5. The fourth-order valence-electron chi connectivity index (χ4n) is 5.46. The molecule has 3 heterocycles. The van der Waals surface area contributed by atoms with Crippen LogP contribution in [0.3, 0.4) is 0 Å². The third-order valence-electron chi connectivity index (χ3n) is 7.18. The fourth-order valence-corrected chi connectivity index (χ4v) is 5.46. The monoisotopic (exact) mass is 479 g/mol. The molecular weight excluding hydrogens is 454 g/mol. The number of hydrogen-bond acceptors (Lipinski definition) is 3. The van der Waals surface area contributed by atoms with Gasteiger partial charge in [-0.15, -0.1) is 10.2 Å². The minimum atomic E-state index is 0.453. The number of allylic oxidation sites excluding steroid dienone is 1. The van der Waals surface area contributed by atoms with Crippen LogP contribution in [0.1, 0.15) is 30.5 Å². The summed E-state index contributed by atoms with van der Waals surface area (Å²) >= 11 is 0. The summed E-state index contributed by atoms with van der Waals surface area (Å²) in [6.07, 6.45) is 9.26. The molecule has 3 aromatic carbocycles. The lowest BCUT2D eigenvalue weighted by Gasteiger charge is -2.19. The van der Waals surface area contributed by atoms with Crippen molar-refractivity contribution >= 4 is 17.0 Å². The first kappa shape index (κ1) is 21.5. The van der Waals surface area contributed by atoms with Crippen LogP contribution in [0.5, 0.6) is 0 Å². The van der Waals surface area contributed by atoms with Gasteiger partial charge in [0.15, 0.2) is 11.6 Å². The lowest BCUT2D eigenvalue weighted by molar-refractivity contribution is 0.723. The van der Waals surface area contributed by atoms with Crippen LogP contribution in [0.2, 0.25) is 0 Å². The van der Waals surface area contributed by atoms with Crippen molar-refractivity contribution in [1.29, 1.82) is 0 Å². The number of pyridine rings is 1. The summed E-state index contributed by atoms with van der Waals surface area (Å²) in [7, 11) is 0. The fraction of sp³-hybridized carbons (Fsp3) is 0.0938. The first-order valence-corrected chi connectivity index (χ1v) is 12.6. The normalized spacial score (nSPS) is 14.7. The first-order chi connectivity index (χ1) is 18.3. The summed E-state index contributed by atoms with van der Waals surface area (Å²) in [5.41, 5.74) is 8.04. The standard InChI is InChI=1S/C32H25N5/c1-22-9-7-14-28-27-13-5-6-15-29(27)36(30(22)28)25-18-16-24(17-19-25)32-35-34-31(23-10-3-2-4-11-23)37(32)26-12-8-20-33-21-26/h2-8,10-22H,9H2,1H3. The maximum absolute atomic E-state index is 4.63. The van der Waals surface area contributed by atoms with Crippen LogP contribution in [0.15, 0.2) is 109 Å². The van der Waals surface area contributed by atoms with E-state index in [0.717, 1.165) is 40.6 Å². The Morgan fingerprint density at radius 1 is 0.703 bits per heavy atom. The van der Waals surface area contributed by atoms with Gasteiger partial charge in [0.05, 0.1) is 17.4 Å². The number of aromatic nitrogens is 5. The molecule has 0 saturated carbocycles. The topological polar surface area (TPSA) is 48.5 Å². The van der Waals surface area contributed by atoms with Crippen molar-refractivity contribution in [2.75, 3.05) is 0 Å². The Balaban J connectivity index is 1.38. The molecule has 0 radical (unpaired) electrons. The zero-order chi connectivity index (χ0) is 24.8. The smallest absolute Gasteiger partial charge is 0.168 e. The summed E-state index contributed by atoms with van der Waals surface area (Å²) in [6.45, 7) is 2.31. The SMILES string of the molecule is CC1CC=Cc2c1n(-c1ccc(-c3nnc(-c4ccccc4)n3-c3cccnc3)cc1)c1ccccc21. The number of para-hydroxylation sites is 1. The molecule has 1 aliphatic rings. The van der Waals surface area contributed by atoms with E-state index in [2.05, 4.69) is 104 Å². The molecule has 37 heavy (non-hydrogen) atoms. The van der Waals surface area contributed by atoms with Crippen LogP contribution in [-0.2, 0) is 0 Å². The molecule has 0 fully saturated rings. The van der Waals surface area contributed by atoms with Gasteiger partial charge in [-0.25, -0.2) is 0 Å². The van der Waals surface area contributed by atoms with Crippen LogP contribution in [0, 0.1) is 0 Å². The van der Waals surface area contributed by atoms with Crippen molar-refractivity contribution in [2.45, 2.75) is 19.3 Å². The van der Waals surface area contributed by atoms with Crippen LogP contribution in [0.4, 0.5) is 0 Å². The van der Waals surface area contributed by atoms with Crippen molar-refractivity contribution in [1.82, 2.24) is 24.3 Å². The van der Waals surface area contributed by atoms with Crippen molar-refractivity contribution in [3.63, 3.8) is 0 Å². The highest BCUT2D eigenvalue weighted by atomic mass is 15.3. The second-order valence-electron chi connectivity index (χ2n) is 9.50. The predicted octanol–water partition coefficient (Wildman–Crippen LogP) is 7.46. The van der Waals surface area contributed by atoms with Gasteiger partial charge >= 0.3 is 0 Å². The van der Waals surface area contributed by atoms with Crippen LogP contribution >= 0.6 is 0 Å². The Labute approximate surface area is 215 Å². The molecule has 0 bridgehead atoms. The molecule has 0 amide bonds. The van der Waals surface area contributed by atoms with Gasteiger partial charge < -0.3 is 4.57 Å². The van der Waals surface area contributed by atoms with Gasteiger partial charge in [0, 0.05) is 45.6 Å². The quantitative estimate of drug-likeness (QED) is 0.264. The Morgan fingerprint density at radius 3 is 2.19 bits per heavy atom. The molecule has 1 atom stereocenters. The van der Waals surface area contributed by atoms with E-state index < -0.39 is 0 Å². The molecule has 5 heteroatoms. The maximum Gasteiger partial charge on any atom is 0.168 e. The Hall–Kier alpha value is -4.77. The number of rotatable bonds is 4. The molecule has 7 rings (SSSR count). The van der Waals surface area contributed by atoms with Gasteiger partial charge in [-0.2, -0.15) is 0 Å². The molecule has 5 nitrogen and oxygen atoms in total. The predicted molar refractivity (Wildman–Crippen MR) is 149 cm³/mol. The second-order valence-corrected chi connectivity index (χ2v) is 9.50. The molecule has 0 saturated heterocycles. The molecule has 0 aliphatic heterocycles. The van der Waals surface area contributed by atoms with E-state index in [4.69, 9.17) is 0 Å². The zero-order valence-electron chi connectivity index (χ0n) is 20.5. The number of fused-ring (bicyclic) bond motifs is 3. The Morgan fingerprint density at radius 2 is 1.43 bits per heavy atom. The lowest BCUT2D eigenvalue weighted by Crippen LogP contribution is -2.07. The molecule has 178 valence electrons. The lowest BCUT2D eigenvalue weighted by atomic mass is 9.93. The van der Waals surface area contributed by atoms with Gasteiger partial charge in [-0.1, -0.05) is 67.6 Å². The number of benzene rings is 3. The van der Waals surface area contributed by atoms with Gasteiger partial charge in [-0.05, 0) is 48.9 Å².